The van der Waals surface area contributed by atoms with E-state index in [4.69, 9.17) is 15.9 Å². The van der Waals surface area contributed by atoms with Crippen molar-refractivity contribution in [1.82, 2.24) is 0 Å². The Balaban J connectivity index is 0. The van der Waals surface area contributed by atoms with Gasteiger partial charge >= 0.3 is 5.97 Å². The minimum absolute atomic E-state index is 0. The van der Waals surface area contributed by atoms with Crippen LogP contribution in [0.3, 0.4) is 0 Å². The Morgan fingerprint density at radius 2 is 1.82 bits per heavy atom. The highest BCUT2D eigenvalue weighted by Gasteiger charge is 2.23. The van der Waals surface area contributed by atoms with Gasteiger partial charge in [-0.2, -0.15) is 0 Å². The number of carboxylic acids is 1. The molecule has 0 aromatic rings. The number of hydrogen-bond donors (Lipinski definition) is 3. The smallest absolute Gasteiger partial charge is 0.320 e. The maximum Gasteiger partial charge on any atom is 0.320 e. The van der Waals surface area contributed by atoms with Crippen LogP contribution in [-0.4, -0.2) is 28.3 Å². The molecule has 0 amide bonds. The first kappa shape index (κ1) is 13.3. The average molecular weight is 184 g/mol. The normalized spacial score (nSPS) is 17.8. The van der Waals surface area contributed by atoms with Crippen molar-refractivity contribution in [2.45, 2.75) is 26.0 Å². The zero-order chi connectivity index (χ0) is 8.31. The van der Waals surface area contributed by atoms with Gasteiger partial charge in [0.25, 0.3) is 0 Å². The van der Waals surface area contributed by atoms with Crippen molar-refractivity contribution in [2.24, 2.45) is 11.7 Å². The Bertz CT molecular complexity index is 129. The van der Waals surface area contributed by atoms with Crippen molar-refractivity contribution in [2.75, 3.05) is 0 Å². The highest BCUT2D eigenvalue weighted by molar-refractivity contribution is 5.85. The van der Waals surface area contributed by atoms with Gasteiger partial charge in [-0.15, -0.1) is 12.4 Å². The van der Waals surface area contributed by atoms with Crippen molar-refractivity contribution < 1.29 is 15.0 Å². The molecular formula is C6H14ClNO3. The largest absolute Gasteiger partial charge is 0.480 e. The van der Waals surface area contributed by atoms with Crippen LogP contribution in [0.25, 0.3) is 0 Å². The number of halogens is 1. The molecule has 0 aliphatic heterocycles. The molecular weight excluding hydrogens is 170 g/mol. The van der Waals surface area contributed by atoms with Gasteiger partial charge in [-0.1, -0.05) is 6.92 Å². The molecule has 0 radical (unpaired) electrons. The topological polar surface area (TPSA) is 83.5 Å². The molecule has 0 spiro atoms. The van der Waals surface area contributed by atoms with Gasteiger partial charge in [0.2, 0.25) is 0 Å². The van der Waals surface area contributed by atoms with Crippen LogP contribution in [0.15, 0.2) is 0 Å². The Labute approximate surface area is 71.8 Å². The molecule has 0 rings (SSSR count). The fraction of sp³-hybridized carbons (Fsp3) is 0.833. The molecule has 0 bridgehead atoms. The standard InChI is InChI=1S/C6H13NO3.ClH/c1-3(4(2)8)5(7)6(9)10;/h3-5,8H,7H2,1-2H3,(H,9,10);1H/t3?,4?,5-;/m0./s1. The molecule has 4 N–H and O–H groups in total. The molecule has 2 unspecified atom stereocenters. The van der Waals surface area contributed by atoms with E-state index >= 15 is 0 Å². The fourth-order valence-electron chi connectivity index (χ4n) is 0.525. The average Bonchev–Trinajstić information content (AvgIpc) is 1.84. The molecule has 0 saturated carbocycles. The molecule has 0 aromatic carbocycles. The summed E-state index contributed by atoms with van der Waals surface area (Å²) in [6, 6.07) is -0.972. The van der Waals surface area contributed by atoms with E-state index in [0.717, 1.165) is 0 Å². The second-order valence-electron chi connectivity index (χ2n) is 2.46. The van der Waals surface area contributed by atoms with Crippen LogP contribution in [0.4, 0.5) is 0 Å². The molecule has 0 aliphatic rings. The molecule has 3 atom stereocenters. The predicted molar refractivity (Wildman–Crippen MR) is 43.7 cm³/mol. The number of aliphatic hydroxyl groups is 1. The van der Waals surface area contributed by atoms with Gasteiger partial charge in [-0.3, -0.25) is 4.79 Å². The number of carbonyl (C=O) groups is 1. The summed E-state index contributed by atoms with van der Waals surface area (Å²) in [5.74, 6) is -1.48. The van der Waals surface area contributed by atoms with Crippen LogP contribution in [0, 0.1) is 5.92 Å². The number of nitrogens with two attached hydrogens (primary N) is 1. The monoisotopic (exact) mass is 183 g/mol. The van der Waals surface area contributed by atoms with Crippen molar-refractivity contribution in [3.05, 3.63) is 0 Å². The summed E-state index contributed by atoms with van der Waals surface area (Å²) >= 11 is 0. The Kier molecular flexibility index (Phi) is 6.46. The molecule has 11 heavy (non-hydrogen) atoms. The summed E-state index contributed by atoms with van der Waals surface area (Å²) in [6.07, 6.45) is -0.675. The first-order chi connectivity index (χ1) is 4.46. The van der Waals surface area contributed by atoms with E-state index < -0.39 is 24.0 Å². The lowest BCUT2D eigenvalue weighted by atomic mass is 9.98. The zero-order valence-electron chi connectivity index (χ0n) is 6.52. The van der Waals surface area contributed by atoms with Crippen molar-refractivity contribution >= 4 is 18.4 Å². The Morgan fingerprint density at radius 1 is 1.45 bits per heavy atom. The number of carboxylic acid groups (broad SMARTS) is 1. The van der Waals surface area contributed by atoms with Gasteiger partial charge < -0.3 is 15.9 Å². The number of hydrogen-bond acceptors (Lipinski definition) is 3. The van der Waals surface area contributed by atoms with Crippen LogP contribution >= 0.6 is 12.4 Å². The summed E-state index contributed by atoms with van der Waals surface area (Å²) < 4.78 is 0. The van der Waals surface area contributed by atoms with Crippen LogP contribution in [0.2, 0.25) is 0 Å². The van der Waals surface area contributed by atoms with E-state index in [1.54, 1.807) is 6.92 Å². The van der Waals surface area contributed by atoms with Gasteiger partial charge in [-0.25, -0.2) is 0 Å². The Hall–Kier alpha value is -0.320. The lowest BCUT2D eigenvalue weighted by Crippen LogP contribution is -2.41. The highest BCUT2D eigenvalue weighted by atomic mass is 35.5. The molecule has 0 heterocycles. The highest BCUT2D eigenvalue weighted by Crippen LogP contribution is 2.05. The quantitative estimate of drug-likeness (QED) is 0.568. The number of aliphatic hydroxyl groups excluding tert-OH is 1. The maximum atomic E-state index is 10.2. The van der Waals surface area contributed by atoms with Gasteiger partial charge in [-0.05, 0) is 6.92 Å². The van der Waals surface area contributed by atoms with Gasteiger partial charge in [0.15, 0.2) is 0 Å². The summed E-state index contributed by atoms with van der Waals surface area (Å²) in [6.45, 7) is 3.12. The molecule has 5 heteroatoms. The van der Waals surface area contributed by atoms with E-state index in [9.17, 15) is 4.79 Å². The van der Waals surface area contributed by atoms with Gasteiger partial charge in [0, 0.05) is 5.92 Å². The first-order valence-electron chi connectivity index (χ1n) is 3.13. The number of rotatable bonds is 3. The van der Waals surface area contributed by atoms with E-state index in [1.807, 2.05) is 0 Å². The zero-order valence-corrected chi connectivity index (χ0v) is 7.34. The predicted octanol–water partition coefficient (Wildman–Crippen LogP) is -0.163. The van der Waals surface area contributed by atoms with Crippen LogP contribution < -0.4 is 5.73 Å². The third-order valence-electron chi connectivity index (χ3n) is 1.61. The molecule has 0 aliphatic carbocycles. The van der Waals surface area contributed by atoms with Crippen molar-refractivity contribution in [1.29, 1.82) is 0 Å². The summed E-state index contributed by atoms with van der Waals surface area (Å²) in [5, 5.41) is 17.3. The van der Waals surface area contributed by atoms with Gasteiger partial charge in [0.05, 0.1) is 6.10 Å². The van der Waals surface area contributed by atoms with Crippen LogP contribution in [0.1, 0.15) is 13.8 Å². The lowest BCUT2D eigenvalue weighted by molar-refractivity contribution is -0.140. The minimum atomic E-state index is -1.08. The molecule has 0 fully saturated rings. The SMILES string of the molecule is CC(O)C(C)[C@H](N)C(=O)O.Cl. The van der Waals surface area contributed by atoms with Crippen LogP contribution in [0.5, 0.6) is 0 Å². The molecule has 0 saturated heterocycles. The number of aliphatic carboxylic acids is 1. The Morgan fingerprint density at radius 3 is 1.91 bits per heavy atom. The fourth-order valence-corrected chi connectivity index (χ4v) is 0.525. The van der Waals surface area contributed by atoms with E-state index in [1.165, 1.54) is 6.92 Å². The summed E-state index contributed by atoms with van der Waals surface area (Å²) in [7, 11) is 0. The molecule has 4 nitrogen and oxygen atoms in total. The second-order valence-corrected chi connectivity index (χ2v) is 2.46. The summed E-state index contributed by atoms with van der Waals surface area (Å²) in [4.78, 5) is 10.2. The van der Waals surface area contributed by atoms with E-state index in [-0.39, 0.29) is 12.4 Å². The lowest BCUT2D eigenvalue weighted by Gasteiger charge is -2.17. The minimum Gasteiger partial charge on any atom is -0.480 e. The second kappa shape index (κ2) is 5.35. The van der Waals surface area contributed by atoms with Crippen molar-refractivity contribution in [3.8, 4) is 0 Å². The van der Waals surface area contributed by atoms with Gasteiger partial charge in [0.1, 0.15) is 6.04 Å². The maximum absolute atomic E-state index is 10.2. The van der Waals surface area contributed by atoms with Crippen molar-refractivity contribution in [3.63, 3.8) is 0 Å². The van der Waals surface area contributed by atoms with E-state index in [2.05, 4.69) is 0 Å². The third-order valence-corrected chi connectivity index (χ3v) is 1.61. The van der Waals surface area contributed by atoms with E-state index in [0.29, 0.717) is 0 Å². The molecule has 68 valence electrons. The summed E-state index contributed by atoms with van der Waals surface area (Å²) in [5.41, 5.74) is 5.20. The first-order valence-corrected chi connectivity index (χ1v) is 3.13. The molecule has 0 aromatic heterocycles. The third kappa shape index (κ3) is 4.19. The van der Waals surface area contributed by atoms with Crippen LogP contribution in [-0.2, 0) is 4.79 Å².